The summed E-state index contributed by atoms with van der Waals surface area (Å²) in [6.07, 6.45) is -3.28. The van der Waals surface area contributed by atoms with Gasteiger partial charge < -0.3 is 10.0 Å². The van der Waals surface area contributed by atoms with E-state index >= 15 is 0 Å². The van der Waals surface area contributed by atoms with Crippen molar-refractivity contribution in [3.05, 3.63) is 53.7 Å². The summed E-state index contributed by atoms with van der Waals surface area (Å²) in [5.74, 6) is 0. The number of benzene rings is 1. The van der Waals surface area contributed by atoms with Crippen molar-refractivity contribution < 1.29 is 18.3 Å². The smallest absolute Gasteiger partial charge is 0.392 e. The number of aliphatic hydroxyl groups excluding tert-OH is 1. The molecule has 0 saturated carbocycles. The summed E-state index contributed by atoms with van der Waals surface area (Å²) in [5, 5.41) is 9.01. The molecule has 0 unspecified atom stereocenters. The molecule has 0 fully saturated rings. The molecule has 1 aromatic rings. The topological polar surface area (TPSA) is 23.5 Å². The summed E-state index contributed by atoms with van der Waals surface area (Å²) in [7, 11) is 0. The summed E-state index contributed by atoms with van der Waals surface area (Å²) in [5.41, 5.74) is 1.26. The number of aliphatic hydroxyl groups is 1. The van der Waals surface area contributed by atoms with Crippen molar-refractivity contribution in [2.75, 3.05) is 0 Å². The highest BCUT2D eigenvalue weighted by molar-refractivity contribution is 5.63. The van der Waals surface area contributed by atoms with Gasteiger partial charge in [0.25, 0.3) is 0 Å². The van der Waals surface area contributed by atoms with Crippen LogP contribution in [0.1, 0.15) is 31.9 Å². The van der Waals surface area contributed by atoms with Gasteiger partial charge in [-0.15, -0.1) is 0 Å². The Morgan fingerprint density at radius 2 is 1.81 bits per heavy atom. The SMILES string of the molecule is C=C(c1ccc(CO)cc1)N(/C=C(\C)C(F)(F)F)C(C)C. The van der Waals surface area contributed by atoms with Crippen LogP contribution in [0, 0.1) is 0 Å². The van der Waals surface area contributed by atoms with E-state index in [0.29, 0.717) is 11.3 Å². The lowest BCUT2D eigenvalue weighted by atomic mass is 10.1. The number of rotatable bonds is 5. The van der Waals surface area contributed by atoms with Gasteiger partial charge in [-0.1, -0.05) is 30.8 Å². The van der Waals surface area contributed by atoms with Gasteiger partial charge in [0.05, 0.1) is 6.61 Å². The highest BCUT2D eigenvalue weighted by atomic mass is 19.4. The van der Waals surface area contributed by atoms with Crippen LogP contribution in [0.2, 0.25) is 0 Å². The van der Waals surface area contributed by atoms with Crippen LogP contribution in [0.4, 0.5) is 13.2 Å². The second-order valence-electron chi connectivity index (χ2n) is 5.11. The molecule has 1 rings (SSSR count). The molecule has 0 bridgehead atoms. The van der Waals surface area contributed by atoms with Gasteiger partial charge in [0.2, 0.25) is 0 Å². The summed E-state index contributed by atoms with van der Waals surface area (Å²) >= 11 is 0. The Balaban J connectivity index is 3.08. The van der Waals surface area contributed by atoms with Gasteiger partial charge in [0.15, 0.2) is 0 Å². The molecular formula is C16H20F3NO. The highest BCUT2D eigenvalue weighted by Crippen LogP contribution is 2.28. The van der Waals surface area contributed by atoms with Crippen molar-refractivity contribution in [2.45, 2.75) is 39.6 Å². The third kappa shape index (κ3) is 4.63. The monoisotopic (exact) mass is 299 g/mol. The van der Waals surface area contributed by atoms with Gasteiger partial charge in [0.1, 0.15) is 0 Å². The van der Waals surface area contributed by atoms with Gasteiger partial charge in [-0.3, -0.25) is 0 Å². The van der Waals surface area contributed by atoms with Crippen LogP contribution < -0.4 is 0 Å². The van der Waals surface area contributed by atoms with E-state index in [4.69, 9.17) is 5.11 Å². The molecule has 1 aromatic carbocycles. The number of nitrogens with zero attached hydrogens (tertiary/aromatic N) is 1. The number of allylic oxidation sites excluding steroid dienone is 1. The predicted octanol–water partition coefficient (Wildman–Crippen LogP) is 4.33. The molecule has 0 amide bonds. The van der Waals surface area contributed by atoms with Crippen molar-refractivity contribution in [3.8, 4) is 0 Å². The molecule has 5 heteroatoms. The Morgan fingerprint density at radius 3 is 2.19 bits per heavy atom. The minimum Gasteiger partial charge on any atom is -0.392 e. The predicted molar refractivity (Wildman–Crippen MR) is 78.2 cm³/mol. The summed E-state index contributed by atoms with van der Waals surface area (Å²) in [6, 6.07) is 6.76. The van der Waals surface area contributed by atoms with E-state index in [1.165, 1.54) is 4.90 Å². The lowest BCUT2D eigenvalue weighted by molar-refractivity contribution is -0.0922. The number of alkyl halides is 3. The Labute approximate surface area is 123 Å². The number of hydrogen-bond acceptors (Lipinski definition) is 2. The molecule has 0 aliphatic carbocycles. The standard InChI is InChI=1S/C16H20F3NO/c1-11(2)20(9-12(3)16(17,18)19)13(4)15-7-5-14(10-21)6-8-15/h5-9,11,21H,4,10H2,1-3H3/b12-9+. The van der Waals surface area contributed by atoms with E-state index in [9.17, 15) is 13.2 Å². The van der Waals surface area contributed by atoms with Gasteiger partial charge in [-0.2, -0.15) is 13.2 Å². The fourth-order valence-electron chi connectivity index (χ4n) is 1.77. The van der Waals surface area contributed by atoms with Crippen LogP contribution in [0.3, 0.4) is 0 Å². The van der Waals surface area contributed by atoms with Crippen LogP contribution in [0.15, 0.2) is 42.6 Å². The van der Waals surface area contributed by atoms with Crippen molar-refractivity contribution in [1.82, 2.24) is 4.90 Å². The molecular weight excluding hydrogens is 279 g/mol. The molecule has 0 heterocycles. The largest absolute Gasteiger partial charge is 0.413 e. The molecule has 0 saturated heterocycles. The molecule has 0 aromatic heterocycles. The second-order valence-corrected chi connectivity index (χ2v) is 5.11. The lowest BCUT2D eigenvalue weighted by Crippen LogP contribution is -2.25. The second kappa shape index (κ2) is 6.80. The molecule has 0 aliphatic rings. The fraction of sp³-hybridized carbons (Fsp3) is 0.375. The quantitative estimate of drug-likeness (QED) is 0.875. The maximum atomic E-state index is 12.7. The Kier molecular flexibility index (Phi) is 5.61. The Hall–Kier alpha value is -1.75. The van der Waals surface area contributed by atoms with E-state index in [1.54, 1.807) is 38.1 Å². The first-order valence-corrected chi connectivity index (χ1v) is 6.60. The number of halogens is 3. The third-order valence-corrected chi connectivity index (χ3v) is 3.12. The number of hydrogen-bond donors (Lipinski definition) is 1. The van der Waals surface area contributed by atoms with Crippen molar-refractivity contribution in [1.29, 1.82) is 0 Å². The zero-order chi connectivity index (χ0) is 16.2. The summed E-state index contributed by atoms with van der Waals surface area (Å²) in [4.78, 5) is 1.50. The van der Waals surface area contributed by atoms with Gasteiger partial charge in [-0.25, -0.2) is 0 Å². The lowest BCUT2D eigenvalue weighted by Gasteiger charge is -2.28. The van der Waals surface area contributed by atoms with Crippen molar-refractivity contribution in [2.24, 2.45) is 0 Å². The summed E-state index contributed by atoms with van der Waals surface area (Å²) < 4.78 is 38.1. The summed E-state index contributed by atoms with van der Waals surface area (Å²) in [6.45, 7) is 8.45. The molecule has 0 spiro atoms. The highest BCUT2D eigenvalue weighted by Gasteiger charge is 2.31. The van der Waals surface area contributed by atoms with E-state index in [0.717, 1.165) is 18.7 Å². The average Bonchev–Trinajstić information content (AvgIpc) is 2.42. The van der Waals surface area contributed by atoms with Gasteiger partial charge in [0, 0.05) is 23.5 Å². The van der Waals surface area contributed by atoms with Gasteiger partial charge in [-0.05, 0) is 31.9 Å². The maximum Gasteiger partial charge on any atom is 0.413 e. The average molecular weight is 299 g/mol. The van der Waals surface area contributed by atoms with Crippen LogP contribution >= 0.6 is 0 Å². The van der Waals surface area contributed by atoms with Crippen molar-refractivity contribution in [3.63, 3.8) is 0 Å². The molecule has 0 radical (unpaired) electrons. The Morgan fingerprint density at radius 1 is 1.29 bits per heavy atom. The van der Waals surface area contributed by atoms with Crippen molar-refractivity contribution >= 4 is 5.70 Å². The fourth-order valence-corrected chi connectivity index (χ4v) is 1.77. The minimum atomic E-state index is -4.35. The zero-order valence-electron chi connectivity index (χ0n) is 12.4. The first kappa shape index (κ1) is 17.3. The minimum absolute atomic E-state index is 0.0757. The van der Waals surface area contributed by atoms with Crippen LogP contribution in [-0.2, 0) is 6.61 Å². The third-order valence-electron chi connectivity index (χ3n) is 3.12. The maximum absolute atomic E-state index is 12.7. The molecule has 1 N–H and O–H groups in total. The van der Waals surface area contributed by atoms with E-state index in [-0.39, 0.29) is 12.6 Å². The molecule has 116 valence electrons. The van der Waals surface area contributed by atoms with Crippen LogP contribution in [0.5, 0.6) is 0 Å². The van der Waals surface area contributed by atoms with Crippen LogP contribution in [0.25, 0.3) is 5.70 Å². The first-order valence-electron chi connectivity index (χ1n) is 6.60. The molecule has 21 heavy (non-hydrogen) atoms. The van der Waals surface area contributed by atoms with E-state index < -0.39 is 11.7 Å². The van der Waals surface area contributed by atoms with E-state index in [1.807, 2.05) is 0 Å². The van der Waals surface area contributed by atoms with E-state index in [2.05, 4.69) is 6.58 Å². The molecule has 0 atom stereocenters. The Bertz CT molecular complexity index is 515. The normalized spacial score (nSPS) is 12.7. The molecule has 0 aliphatic heterocycles. The zero-order valence-corrected chi connectivity index (χ0v) is 12.4. The van der Waals surface area contributed by atoms with Crippen LogP contribution in [-0.4, -0.2) is 22.2 Å². The first-order chi connectivity index (χ1) is 9.66. The molecule has 2 nitrogen and oxygen atoms in total. The van der Waals surface area contributed by atoms with Gasteiger partial charge >= 0.3 is 6.18 Å².